The Hall–Kier alpha value is -3.23. The lowest BCUT2D eigenvalue weighted by Gasteiger charge is -2.31. The number of ether oxygens (including phenoxy) is 2. The normalized spacial score (nSPS) is 18.1. The molecule has 4 rings (SSSR count). The van der Waals surface area contributed by atoms with E-state index < -0.39 is 0 Å². The molecule has 1 saturated heterocycles. The van der Waals surface area contributed by atoms with E-state index in [1.165, 1.54) is 0 Å². The lowest BCUT2D eigenvalue weighted by molar-refractivity contribution is -0.143. The third-order valence-corrected chi connectivity index (χ3v) is 6.95. The van der Waals surface area contributed by atoms with Gasteiger partial charge in [0.2, 0.25) is 5.91 Å². The quantitative estimate of drug-likeness (QED) is 0.521. The summed E-state index contributed by atoms with van der Waals surface area (Å²) in [7, 11) is 1.64. The summed E-state index contributed by atoms with van der Waals surface area (Å²) in [6, 6.07) is 15.7. The molecule has 0 unspecified atom stereocenters. The van der Waals surface area contributed by atoms with Gasteiger partial charge in [-0.2, -0.15) is 5.10 Å². The Morgan fingerprint density at radius 2 is 1.86 bits per heavy atom. The molecule has 0 aromatic heterocycles. The van der Waals surface area contributed by atoms with Crippen molar-refractivity contribution in [3.63, 3.8) is 0 Å². The first-order valence-electron chi connectivity index (χ1n) is 13.0. The van der Waals surface area contributed by atoms with Gasteiger partial charge in [0, 0.05) is 44.1 Å². The average Bonchev–Trinajstić information content (AvgIpc) is 3.37. The SMILES string of the molecule is COc1cccc(C2=NN(C(=O)CN(CCN3CCOCC3)C(=O)C(C)C)[C@H](c3ccc(C)cc3)C2)c1. The molecular formula is C29H38N4O4. The molecule has 2 aromatic rings. The van der Waals surface area contributed by atoms with Crippen LogP contribution in [0.3, 0.4) is 0 Å². The summed E-state index contributed by atoms with van der Waals surface area (Å²) >= 11 is 0. The molecule has 0 saturated carbocycles. The van der Waals surface area contributed by atoms with Gasteiger partial charge in [-0.15, -0.1) is 0 Å². The maximum atomic E-state index is 13.8. The van der Waals surface area contributed by atoms with Crippen LogP contribution in [0.2, 0.25) is 0 Å². The zero-order valence-electron chi connectivity index (χ0n) is 22.4. The Balaban J connectivity index is 1.57. The number of hydrogen-bond acceptors (Lipinski definition) is 6. The van der Waals surface area contributed by atoms with Gasteiger partial charge < -0.3 is 14.4 Å². The summed E-state index contributed by atoms with van der Waals surface area (Å²) < 4.78 is 10.8. The Labute approximate surface area is 219 Å². The zero-order valence-corrected chi connectivity index (χ0v) is 22.4. The molecule has 8 nitrogen and oxygen atoms in total. The van der Waals surface area contributed by atoms with E-state index in [0.29, 0.717) is 26.2 Å². The second-order valence-corrected chi connectivity index (χ2v) is 10.0. The van der Waals surface area contributed by atoms with Gasteiger partial charge >= 0.3 is 0 Å². The fourth-order valence-electron chi connectivity index (χ4n) is 4.72. The van der Waals surface area contributed by atoms with Gasteiger partial charge in [-0.1, -0.05) is 55.8 Å². The Kier molecular flexibility index (Phi) is 8.95. The van der Waals surface area contributed by atoms with Gasteiger partial charge in [-0.05, 0) is 24.6 Å². The van der Waals surface area contributed by atoms with Crippen LogP contribution < -0.4 is 4.74 Å². The highest BCUT2D eigenvalue weighted by atomic mass is 16.5. The van der Waals surface area contributed by atoms with Gasteiger partial charge in [0.05, 0.1) is 32.1 Å². The summed E-state index contributed by atoms with van der Waals surface area (Å²) in [6.45, 7) is 10.1. The van der Waals surface area contributed by atoms with Crippen LogP contribution >= 0.6 is 0 Å². The van der Waals surface area contributed by atoms with Crippen LogP contribution in [-0.2, 0) is 14.3 Å². The molecule has 198 valence electrons. The number of aryl methyl sites for hydroxylation is 1. The van der Waals surface area contributed by atoms with Crippen molar-refractivity contribution in [2.45, 2.75) is 33.2 Å². The minimum Gasteiger partial charge on any atom is -0.497 e. The predicted octanol–water partition coefficient (Wildman–Crippen LogP) is 3.50. The van der Waals surface area contributed by atoms with Crippen LogP contribution in [0.4, 0.5) is 0 Å². The van der Waals surface area contributed by atoms with E-state index in [-0.39, 0.29) is 30.3 Å². The van der Waals surface area contributed by atoms with Crippen molar-refractivity contribution in [2.75, 3.05) is 53.0 Å². The van der Waals surface area contributed by atoms with Crippen LogP contribution in [0.5, 0.6) is 5.75 Å². The van der Waals surface area contributed by atoms with Gasteiger partial charge in [0.15, 0.2) is 0 Å². The number of nitrogens with zero attached hydrogens (tertiary/aromatic N) is 4. The lowest BCUT2D eigenvalue weighted by Crippen LogP contribution is -2.47. The topological polar surface area (TPSA) is 74.7 Å². The first-order chi connectivity index (χ1) is 17.9. The number of carbonyl (C=O) groups excluding carboxylic acids is 2. The molecule has 2 amide bonds. The van der Waals surface area contributed by atoms with E-state index in [2.05, 4.69) is 29.2 Å². The second kappa shape index (κ2) is 12.3. The van der Waals surface area contributed by atoms with Gasteiger partial charge in [0.1, 0.15) is 12.3 Å². The summed E-state index contributed by atoms with van der Waals surface area (Å²) in [5, 5.41) is 6.38. The maximum Gasteiger partial charge on any atom is 0.262 e. The number of hydrogen-bond donors (Lipinski definition) is 0. The van der Waals surface area contributed by atoms with Crippen LogP contribution in [0, 0.1) is 12.8 Å². The highest BCUT2D eigenvalue weighted by Gasteiger charge is 2.35. The number of hydrazone groups is 1. The molecule has 2 aliphatic heterocycles. The van der Waals surface area contributed by atoms with Gasteiger partial charge in [0.25, 0.3) is 5.91 Å². The van der Waals surface area contributed by atoms with Gasteiger partial charge in [-0.25, -0.2) is 5.01 Å². The Morgan fingerprint density at radius 3 is 2.54 bits per heavy atom. The number of morpholine rings is 1. The summed E-state index contributed by atoms with van der Waals surface area (Å²) in [6.07, 6.45) is 0.591. The standard InChI is InChI=1S/C29H38N4O4/c1-21(2)29(35)32(13-12-31-14-16-37-17-15-31)20-28(34)33-27(23-10-8-22(3)9-11-23)19-26(30-33)24-6-5-7-25(18-24)36-4/h5-11,18,21,27H,12-17,19-20H2,1-4H3/t27-/m0/s1. The first-order valence-corrected chi connectivity index (χ1v) is 13.0. The van der Waals surface area contributed by atoms with Crippen molar-refractivity contribution in [3.05, 3.63) is 65.2 Å². The number of carbonyl (C=O) groups is 2. The fourth-order valence-corrected chi connectivity index (χ4v) is 4.72. The molecule has 0 spiro atoms. The monoisotopic (exact) mass is 506 g/mol. The highest BCUT2D eigenvalue weighted by Crippen LogP contribution is 2.33. The van der Waals surface area contributed by atoms with E-state index in [1.54, 1.807) is 17.0 Å². The highest BCUT2D eigenvalue weighted by molar-refractivity contribution is 6.03. The van der Waals surface area contributed by atoms with Gasteiger partial charge in [-0.3, -0.25) is 14.5 Å². The molecule has 8 heteroatoms. The molecular weight excluding hydrogens is 468 g/mol. The van der Waals surface area contributed by atoms with E-state index in [1.807, 2.05) is 45.0 Å². The Bertz CT molecular complexity index is 1110. The molecule has 0 bridgehead atoms. The molecule has 2 heterocycles. The third-order valence-electron chi connectivity index (χ3n) is 6.95. The fraction of sp³-hybridized carbons (Fsp3) is 0.483. The summed E-state index contributed by atoms with van der Waals surface area (Å²) in [4.78, 5) is 30.8. The molecule has 0 N–H and O–H groups in total. The molecule has 0 radical (unpaired) electrons. The number of benzene rings is 2. The van der Waals surface area contributed by atoms with Crippen LogP contribution in [0.1, 0.15) is 43.0 Å². The van der Waals surface area contributed by atoms with E-state index in [0.717, 1.165) is 47.8 Å². The van der Waals surface area contributed by atoms with Crippen LogP contribution in [0.15, 0.2) is 53.6 Å². The Morgan fingerprint density at radius 1 is 1.14 bits per heavy atom. The minimum absolute atomic E-state index is 0.00138. The van der Waals surface area contributed by atoms with Crippen molar-refractivity contribution < 1.29 is 19.1 Å². The lowest BCUT2D eigenvalue weighted by atomic mass is 9.97. The number of methoxy groups -OCH3 is 1. The minimum atomic E-state index is -0.232. The first kappa shape index (κ1) is 26.8. The third kappa shape index (κ3) is 6.76. The van der Waals surface area contributed by atoms with Crippen LogP contribution in [0.25, 0.3) is 0 Å². The molecule has 37 heavy (non-hydrogen) atoms. The molecule has 0 aliphatic carbocycles. The van der Waals surface area contributed by atoms with Crippen molar-refractivity contribution >= 4 is 17.5 Å². The average molecular weight is 507 g/mol. The smallest absolute Gasteiger partial charge is 0.262 e. The van der Waals surface area contributed by atoms with E-state index in [9.17, 15) is 9.59 Å². The summed E-state index contributed by atoms with van der Waals surface area (Å²) in [5.41, 5.74) is 3.93. The maximum absolute atomic E-state index is 13.8. The zero-order chi connectivity index (χ0) is 26.4. The van der Waals surface area contributed by atoms with E-state index in [4.69, 9.17) is 14.6 Å². The van der Waals surface area contributed by atoms with Crippen LogP contribution in [-0.4, -0.2) is 85.4 Å². The second-order valence-electron chi connectivity index (χ2n) is 10.0. The number of amides is 2. The van der Waals surface area contributed by atoms with E-state index >= 15 is 0 Å². The van der Waals surface area contributed by atoms with Crippen molar-refractivity contribution in [2.24, 2.45) is 11.0 Å². The molecule has 1 fully saturated rings. The summed E-state index contributed by atoms with van der Waals surface area (Å²) in [5.74, 6) is 0.345. The van der Waals surface area contributed by atoms with Crippen molar-refractivity contribution in [3.8, 4) is 5.75 Å². The molecule has 2 aliphatic rings. The van der Waals surface area contributed by atoms with Crippen molar-refractivity contribution in [1.29, 1.82) is 0 Å². The largest absolute Gasteiger partial charge is 0.497 e. The molecule has 1 atom stereocenters. The predicted molar refractivity (Wildman–Crippen MR) is 144 cm³/mol. The molecule has 2 aromatic carbocycles. The van der Waals surface area contributed by atoms with Crippen molar-refractivity contribution in [1.82, 2.24) is 14.8 Å². The number of rotatable bonds is 9.